The predicted molar refractivity (Wildman–Crippen MR) is 86.9 cm³/mol. The maximum atomic E-state index is 12.6. The molecular weight excluding hydrogens is 470 g/mol. The van der Waals surface area contributed by atoms with Crippen LogP contribution in [0.2, 0.25) is 5.02 Å². The molecule has 0 spiro atoms. The van der Waals surface area contributed by atoms with Gasteiger partial charge in [0.25, 0.3) is 0 Å². The molecule has 132 valence electrons. The van der Waals surface area contributed by atoms with Crippen LogP contribution < -0.4 is 5.69 Å². The Labute approximate surface area is 145 Å². The number of nitrogens with zero attached hydrogens (tertiary/aromatic N) is 3. The number of aromatic nitrogens is 3. The summed E-state index contributed by atoms with van der Waals surface area (Å²) in [4.78, 5) is 22.9. The van der Waals surface area contributed by atoms with Crippen LogP contribution in [0.3, 0.4) is 0 Å². The average molecular weight is 480 g/mol. The molecule has 0 radical (unpaired) electrons. The van der Waals surface area contributed by atoms with Gasteiger partial charge in [0, 0.05) is 0 Å². The summed E-state index contributed by atoms with van der Waals surface area (Å²) < 4.78 is 42.7. The van der Waals surface area contributed by atoms with Crippen molar-refractivity contribution in [2.24, 2.45) is 0 Å². The van der Waals surface area contributed by atoms with Gasteiger partial charge in [-0.15, -0.1) is 0 Å². The van der Waals surface area contributed by atoms with E-state index in [-0.39, 0.29) is 11.4 Å². The van der Waals surface area contributed by atoms with Crippen molar-refractivity contribution in [2.75, 3.05) is 0 Å². The number of rotatable bonds is 5. The predicted octanol–water partition coefficient (Wildman–Crippen LogP) is 2.34. The number of benzene rings is 1. The Balaban J connectivity index is 2.53. The van der Waals surface area contributed by atoms with Gasteiger partial charge in [0.15, 0.2) is 0 Å². The average Bonchev–Trinajstić information content (AvgIpc) is 2.76. The zero-order valence-electron chi connectivity index (χ0n) is 11.7. The van der Waals surface area contributed by atoms with Gasteiger partial charge in [0.2, 0.25) is 0 Å². The third-order valence-electron chi connectivity index (χ3n) is 2.79. The Bertz CT molecular complexity index is 803. The number of hydrogen-bond acceptors (Lipinski definition) is 4. The van der Waals surface area contributed by atoms with Gasteiger partial charge in [-0.2, -0.15) is 0 Å². The topological polar surface area (TPSA) is 97.3 Å². The Morgan fingerprint density at radius 3 is 2.38 bits per heavy atom. The Morgan fingerprint density at radius 2 is 1.88 bits per heavy atom. The van der Waals surface area contributed by atoms with Crippen LogP contribution in [-0.4, -0.2) is 33.0 Å². The molecule has 2 aromatic rings. The van der Waals surface area contributed by atoms with Gasteiger partial charge in [-0.25, -0.2) is 0 Å². The molecule has 0 unspecified atom stereocenters. The van der Waals surface area contributed by atoms with Crippen molar-refractivity contribution in [3.8, 4) is 11.4 Å². The molecule has 0 atom stereocenters. The van der Waals surface area contributed by atoms with E-state index < -0.39 is 47.2 Å². The van der Waals surface area contributed by atoms with E-state index in [1.165, 1.54) is 24.3 Å². The fourth-order valence-electron chi connectivity index (χ4n) is 1.77. The molecule has 1 aromatic heterocycles. The minimum atomic E-state index is -4.78. The molecule has 12 heteroatoms. The van der Waals surface area contributed by atoms with Crippen molar-refractivity contribution in [2.45, 2.75) is 15.3 Å². The fourth-order valence-corrected chi connectivity index (χ4v) is 3.55. The first-order chi connectivity index (χ1) is 11.1. The first kappa shape index (κ1) is 18.7. The summed E-state index contributed by atoms with van der Waals surface area (Å²) in [6.45, 7) is -0.807. The number of alkyl halides is 5. The van der Waals surface area contributed by atoms with Crippen LogP contribution in [0, 0.1) is 0 Å². The summed E-state index contributed by atoms with van der Waals surface area (Å²) in [6, 6.07) is 5.74. The number of halogens is 5. The van der Waals surface area contributed by atoms with Crippen molar-refractivity contribution in [1.82, 2.24) is 14.3 Å². The first-order valence-corrected chi connectivity index (χ1v) is 10.1. The maximum absolute atomic E-state index is 12.6. The molecule has 7 nitrogen and oxygen atoms in total. The summed E-state index contributed by atoms with van der Waals surface area (Å²) in [5.74, 6) is -1.54. The summed E-state index contributed by atoms with van der Waals surface area (Å²) in [5.41, 5.74) is -0.768. The molecule has 0 saturated heterocycles. The Kier molecular flexibility index (Phi) is 5.55. The molecule has 1 heterocycles. The summed E-state index contributed by atoms with van der Waals surface area (Å²) >= 11 is 1.25. The van der Waals surface area contributed by atoms with Crippen LogP contribution in [0.4, 0.5) is 13.2 Å². The zero-order chi connectivity index (χ0) is 18.1. The monoisotopic (exact) mass is 479 g/mol. The Morgan fingerprint density at radius 1 is 1.29 bits per heavy atom. The van der Waals surface area contributed by atoms with E-state index in [1.807, 2.05) is 0 Å². The summed E-state index contributed by atoms with van der Waals surface area (Å²) in [6.07, 6.45) is 0. The molecule has 1 aromatic carbocycles. The van der Waals surface area contributed by atoms with Gasteiger partial charge < -0.3 is 0 Å². The van der Waals surface area contributed by atoms with Crippen LogP contribution >= 0.6 is 31.8 Å². The number of hydrogen-bond donors (Lipinski definition) is 2. The SMILES string of the molecule is O=C(O)Cn1nc(-c2ccc(Cl)cc2)n(CI(O)C(F)(F)F)c1=O. The van der Waals surface area contributed by atoms with Gasteiger partial charge in [-0.1, -0.05) is 0 Å². The van der Waals surface area contributed by atoms with E-state index in [0.29, 0.717) is 14.3 Å². The van der Waals surface area contributed by atoms with Crippen LogP contribution in [0.5, 0.6) is 0 Å². The third kappa shape index (κ3) is 4.27. The second-order valence-corrected chi connectivity index (χ2v) is 8.75. The summed E-state index contributed by atoms with van der Waals surface area (Å²) in [5, 5.41) is 12.9. The van der Waals surface area contributed by atoms with Crippen molar-refractivity contribution >= 4 is 37.8 Å². The van der Waals surface area contributed by atoms with E-state index in [1.54, 1.807) is 0 Å². The van der Waals surface area contributed by atoms with Crippen LogP contribution in [0.25, 0.3) is 11.4 Å². The molecule has 0 aliphatic heterocycles. The van der Waals surface area contributed by atoms with Crippen LogP contribution in [-0.2, 0) is 15.9 Å². The molecule has 0 amide bonds. The van der Waals surface area contributed by atoms with E-state index in [4.69, 9.17) is 16.7 Å². The van der Waals surface area contributed by atoms with Gasteiger partial charge >= 0.3 is 145 Å². The van der Waals surface area contributed by atoms with Gasteiger partial charge in [0.05, 0.1) is 0 Å². The van der Waals surface area contributed by atoms with Crippen molar-refractivity contribution in [3.63, 3.8) is 0 Å². The van der Waals surface area contributed by atoms with Gasteiger partial charge in [0.1, 0.15) is 0 Å². The van der Waals surface area contributed by atoms with Crippen LogP contribution in [0.15, 0.2) is 29.1 Å². The van der Waals surface area contributed by atoms with Crippen LogP contribution in [0.1, 0.15) is 0 Å². The first-order valence-electron chi connectivity index (χ1n) is 6.16. The minimum absolute atomic E-state index is 0.168. The molecule has 2 rings (SSSR count). The van der Waals surface area contributed by atoms with Crippen molar-refractivity contribution < 1.29 is 26.5 Å². The van der Waals surface area contributed by atoms with E-state index in [2.05, 4.69) is 5.10 Å². The fraction of sp³-hybridized carbons (Fsp3) is 0.250. The van der Waals surface area contributed by atoms with E-state index in [0.717, 1.165) is 0 Å². The number of carboxylic acid groups (broad SMARTS) is 1. The van der Waals surface area contributed by atoms with E-state index in [9.17, 15) is 26.2 Å². The number of aliphatic carboxylic acids is 1. The molecule has 0 aliphatic carbocycles. The normalized spacial score (nSPS) is 12.3. The third-order valence-corrected chi connectivity index (χ3v) is 5.78. The van der Waals surface area contributed by atoms with E-state index >= 15 is 0 Å². The second kappa shape index (κ2) is 7.11. The quantitative estimate of drug-likeness (QED) is 0.507. The number of carboxylic acids is 1. The molecule has 0 aliphatic rings. The molecule has 2 N–H and O–H groups in total. The standard InChI is InChI=1S/C12H10ClF3IN3O4/c13-8-3-1-7(2-4-8)10-18-20(5-9(21)22)11(23)19(10)6-17(24)12(14,15)16/h1-4,24H,5-6H2,(H,21,22). The summed E-state index contributed by atoms with van der Waals surface area (Å²) in [7, 11) is 0. The molecule has 0 fully saturated rings. The molecule has 0 saturated carbocycles. The Hall–Kier alpha value is -1.60. The second-order valence-electron chi connectivity index (χ2n) is 4.48. The van der Waals surface area contributed by atoms with Crippen molar-refractivity contribution in [1.29, 1.82) is 0 Å². The number of carbonyl (C=O) groups is 1. The zero-order valence-corrected chi connectivity index (χ0v) is 14.6. The molecule has 24 heavy (non-hydrogen) atoms. The van der Waals surface area contributed by atoms with Gasteiger partial charge in [-0.05, 0) is 0 Å². The van der Waals surface area contributed by atoms with Crippen molar-refractivity contribution in [3.05, 3.63) is 39.8 Å². The molecule has 0 bridgehead atoms. The van der Waals surface area contributed by atoms with Gasteiger partial charge in [-0.3, -0.25) is 0 Å². The molecular formula is C12H10ClF3IN3O4.